The number of nitrogens with two attached hydrogens (primary N) is 1. The van der Waals surface area contributed by atoms with Crippen LogP contribution in [-0.2, 0) is 16.1 Å². The van der Waals surface area contributed by atoms with E-state index in [9.17, 15) is 9.59 Å². The second-order valence-electron chi connectivity index (χ2n) is 4.52. The van der Waals surface area contributed by atoms with Crippen molar-refractivity contribution in [2.24, 2.45) is 0 Å². The van der Waals surface area contributed by atoms with Gasteiger partial charge in [-0.1, -0.05) is 0 Å². The van der Waals surface area contributed by atoms with E-state index in [1.165, 1.54) is 9.80 Å². The van der Waals surface area contributed by atoms with Crippen LogP contribution in [0.5, 0.6) is 5.75 Å². The molecule has 6 heteroatoms. The minimum atomic E-state index is -0.488. The smallest absolute Gasteiger partial charge is 0.312 e. The molecule has 0 aromatic heterocycles. The molecule has 2 N–H and O–H groups in total. The molecule has 0 aliphatic carbocycles. The molecule has 1 aromatic carbocycles. The molecule has 1 fully saturated rings. The molecule has 102 valence electrons. The Morgan fingerprint density at radius 1 is 1.26 bits per heavy atom. The number of nitrogen functional groups attached to an aromatic ring is 1. The Kier molecular flexibility index (Phi) is 3.59. The fourth-order valence-corrected chi connectivity index (χ4v) is 2.05. The summed E-state index contributed by atoms with van der Waals surface area (Å²) in [5, 5.41) is 0. The van der Waals surface area contributed by atoms with E-state index in [0.717, 1.165) is 5.56 Å². The highest BCUT2D eigenvalue weighted by molar-refractivity contribution is 6.35. The van der Waals surface area contributed by atoms with Gasteiger partial charge in [0.05, 0.1) is 7.11 Å². The summed E-state index contributed by atoms with van der Waals surface area (Å²) in [6.45, 7) is 1.38. The maximum atomic E-state index is 11.9. The zero-order valence-corrected chi connectivity index (χ0v) is 11.0. The molecule has 0 atom stereocenters. The summed E-state index contributed by atoms with van der Waals surface area (Å²) in [5.74, 6) is -0.305. The maximum absolute atomic E-state index is 11.9. The number of rotatable bonds is 3. The van der Waals surface area contributed by atoms with Gasteiger partial charge >= 0.3 is 11.8 Å². The fourth-order valence-electron chi connectivity index (χ4n) is 2.05. The number of amides is 2. The minimum Gasteiger partial charge on any atom is -0.496 e. The first kappa shape index (κ1) is 13.2. The number of carbonyl (C=O) groups is 2. The van der Waals surface area contributed by atoms with Gasteiger partial charge in [-0.2, -0.15) is 0 Å². The zero-order valence-electron chi connectivity index (χ0n) is 11.0. The van der Waals surface area contributed by atoms with Crippen molar-refractivity contribution in [2.45, 2.75) is 6.54 Å². The van der Waals surface area contributed by atoms with Crippen LogP contribution in [0.15, 0.2) is 18.2 Å². The monoisotopic (exact) mass is 263 g/mol. The Hall–Kier alpha value is -2.24. The maximum Gasteiger partial charge on any atom is 0.312 e. The van der Waals surface area contributed by atoms with Crippen molar-refractivity contribution < 1.29 is 14.3 Å². The van der Waals surface area contributed by atoms with Gasteiger partial charge in [0.1, 0.15) is 5.75 Å². The number of hydrogen-bond donors (Lipinski definition) is 1. The SMILES string of the molecule is COc1ccc(N)cc1CN1CCN(C)C(=O)C1=O. The van der Waals surface area contributed by atoms with Gasteiger partial charge in [0.2, 0.25) is 0 Å². The molecule has 0 radical (unpaired) electrons. The Balaban J connectivity index is 2.19. The predicted octanol–water partition coefficient (Wildman–Crippen LogP) is 0.0780. The van der Waals surface area contributed by atoms with Gasteiger partial charge in [-0.15, -0.1) is 0 Å². The first-order valence-corrected chi connectivity index (χ1v) is 5.99. The van der Waals surface area contributed by atoms with Crippen molar-refractivity contribution in [3.05, 3.63) is 23.8 Å². The van der Waals surface area contributed by atoms with Crippen LogP contribution in [0.25, 0.3) is 0 Å². The van der Waals surface area contributed by atoms with Crippen molar-refractivity contribution in [3.8, 4) is 5.75 Å². The van der Waals surface area contributed by atoms with Gasteiger partial charge in [-0.25, -0.2) is 0 Å². The van der Waals surface area contributed by atoms with E-state index in [1.54, 1.807) is 32.4 Å². The van der Waals surface area contributed by atoms with Crippen molar-refractivity contribution in [1.29, 1.82) is 0 Å². The van der Waals surface area contributed by atoms with Gasteiger partial charge in [0.25, 0.3) is 0 Å². The van der Waals surface area contributed by atoms with Crippen LogP contribution >= 0.6 is 0 Å². The largest absolute Gasteiger partial charge is 0.496 e. The van der Waals surface area contributed by atoms with E-state index in [1.807, 2.05) is 0 Å². The van der Waals surface area contributed by atoms with Crippen LogP contribution in [0.3, 0.4) is 0 Å². The van der Waals surface area contributed by atoms with Crippen LogP contribution in [-0.4, -0.2) is 48.9 Å². The molecule has 1 saturated heterocycles. The Morgan fingerprint density at radius 2 is 2.00 bits per heavy atom. The number of nitrogens with zero attached hydrogens (tertiary/aromatic N) is 2. The molecule has 0 unspecified atom stereocenters. The third-order valence-corrected chi connectivity index (χ3v) is 3.19. The van der Waals surface area contributed by atoms with Crippen molar-refractivity contribution >= 4 is 17.5 Å². The molecule has 1 aliphatic heterocycles. The number of piperazine rings is 1. The molecular formula is C13H17N3O3. The topological polar surface area (TPSA) is 75.9 Å². The van der Waals surface area contributed by atoms with Crippen LogP contribution in [0, 0.1) is 0 Å². The summed E-state index contributed by atoms with van der Waals surface area (Å²) in [6, 6.07) is 5.25. The lowest BCUT2D eigenvalue weighted by atomic mass is 10.1. The number of anilines is 1. The first-order valence-electron chi connectivity index (χ1n) is 5.99. The molecule has 0 spiro atoms. The van der Waals surface area contributed by atoms with Gasteiger partial charge in [0.15, 0.2) is 0 Å². The lowest BCUT2D eigenvalue weighted by Crippen LogP contribution is -2.52. The molecule has 2 amide bonds. The van der Waals surface area contributed by atoms with Crippen LogP contribution in [0.4, 0.5) is 5.69 Å². The highest BCUT2D eigenvalue weighted by atomic mass is 16.5. The van der Waals surface area contributed by atoms with E-state index < -0.39 is 11.8 Å². The Bertz CT molecular complexity index is 516. The van der Waals surface area contributed by atoms with Gasteiger partial charge in [-0.3, -0.25) is 9.59 Å². The number of likely N-dealkylation sites (N-methyl/N-ethyl adjacent to an activating group) is 1. The summed E-state index contributed by atoms with van der Waals surface area (Å²) in [4.78, 5) is 26.5. The van der Waals surface area contributed by atoms with Crippen LogP contribution < -0.4 is 10.5 Å². The molecule has 19 heavy (non-hydrogen) atoms. The van der Waals surface area contributed by atoms with Crippen molar-refractivity contribution in [1.82, 2.24) is 9.80 Å². The number of methoxy groups -OCH3 is 1. The normalized spacial score (nSPS) is 15.9. The molecule has 2 rings (SSSR count). The van der Waals surface area contributed by atoms with Crippen LogP contribution in [0.1, 0.15) is 5.56 Å². The summed E-state index contributed by atoms with van der Waals surface area (Å²) in [6.07, 6.45) is 0. The average molecular weight is 263 g/mol. The van der Waals surface area contributed by atoms with Gasteiger partial charge in [0, 0.05) is 37.9 Å². The quantitative estimate of drug-likeness (QED) is 0.619. The predicted molar refractivity (Wildman–Crippen MR) is 70.5 cm³/mol. The van der Waals surface area contributed by atoms with Crippen molar-refractivity contribution in [2.75, 3.05) is 33.0 Å². The molecule has 0 bridgehead atoms. The van der Waals surface area contributed by atoms with Gasteiger partial charge in [-0.05, 0) is 18.2 Å². The lowest BCUT2D eigenvalue weighted by Gasteiger charge is -2.31. The number of hydrogen-bond acceptors (Lipinski definition) is 4. The van der Waals surface area contributed by atoms with E-state index in [4.69, 9.17) is 10.5 Å². The van der Waals surface area contributed by atoms with E-state index in [0.29, 0.717) is 31.1 Å². The molecule has 1 aliphatic rings. The third-order valence-electron chi connectivity index (χ3n) is 3.19. The Morgan fingerprint density at radius 3 is 2.68 bits per heavy atom. The number of benzene rings is 1. The summed E-state index contributed by atoms with van der Waals surface area (Å²) in [5.41, 5.74) is 7.14. The fraction of sp³-hybridized carbons (Fsp3) is 0.385. The van der Waals surface area contributed by atoms with E-state index >= 15 is 0 Å². The summed E-state index contributed by atoms with van der Waals surface area (Å²) < 4.78 is 5.24. The van der Waals surface area contributed by atoms with Crippen LogP contribution in [0.2, 0.25) is 0 Å². The van der Waals surface area contributed by atoms with Gasteiger partial charge < -0.3 is 20.3 Å². The van der Waals surface area contributed by atoms with E-state index in [2.05, 4.69) is 0 Å². The average Bonchev–Trinajstić information content (AvgIpc) is 2.40. The first-order chi connectivity index (χ1) is 9.02. The molecule has 1 aromatic rings. The molecular weight excluding hydrogens is 246 g/mol. The number of carbonyl (C=O) groups excluding carboxylic acids is 2. The summed E-state index contributed by atoms with van der Waals surface area (Å²) in [7, 11) is 3.19. The third kappa shape index (κ3) is 2.62. The highest BCUT2D eigenvalue weighted by Gasteiger charge is 2.30. The molecule has 1 heterocycles. The lowest BCUT2D eigenvalue weighted by molar-refractivity contribution is -0.155. The Labute approximate surface area is 111 Å². The molecule has 6 nitrogen and oxygen atoms in total. The molecule has 0 saturated carbocycles. The standard InChI is InChI=1S/C13H17N3O3/c1-15-5-6-16(13(18)12(15)17)8-9-7-10(14)3-4-11(9)19-2/h3-4,7H,5-6,8,14H2,1-2H3. The van der Waals surface area contributed by atoms with Crippen molar-refractivity contribution in [3.63, 3.8) is 0 Å². The second kappa shape index (κ2) is 5.17. The summed E-state index contributed by atoms with van der Waals surface area (Å²) >= 11 is 0. The minimum absolute atomic E-state index is 0.326. The number of ether oxygens (including phenoxy) is 1. The highest BCUT2D eigenvalue weighted by Crippen LogP contribution is 2.23. The zero-order chi connectivity index (χ0) is 14.0. The van der Waals surface area contributed by atoms with E-state index in [-0.39, 0.29) is 0 Å². The second-order valence-corrected chi connectivity index (χ2v) is 4.52.